The highest BCUT2D eigenvalue weighted by Gasteiger charge is 2.28. The molecule has 6 nitrogen and oxygen atoms in total. The highest BCUT2D eigenvalue weighted by atomic mass is 16.3. The zero-order chi connectivity index (χ0) is 24.2. The third kappa shape index (κ3) is 5.34. The molecule has 3 heterocycles. The summed E-state index contributed by atoms with van der Waals surface area (Å²) in [5.74, 6) is 1.27. The van der Waals surface area contributed by atoms with E-state index in [0.717, 1.165) is 97.6 Å². The van der Waals surface area contributed by atoms with Crippen molar-refractivity contribution in [2.75, 3.05) is 45.8 Å². The van der Waals surface area contributed by atoms with Crippen LogP contribution in [0, 0.1) is 5.92 Å². The Morgan fingerprint density at radius 2 is 1.91 bits per heavy atom. The summed E-state index contributed by atoms with van der Waals surface area (Å²) < 4.78 is 5.59. The van der Waals surface area contributed by atoms with Crippen LogP contribution in [0.5, 0.6) is 0 Å². The molecule has 1 unspecified atom stereocenters. The second-order valence-electron chi connectivity index (χ2n) is 9.91. The number of likely N-dealkylation sites (N-methyl/N-ethyl adjacent to an activating group) is 1. The Kier molecular flexibility index (Phi) is 7.30. The van der Waals surface area contributed by atoms with Crippen LogP contribution in [0.2, 0.25) is 0 Å². The molecule has 1 aliphatic carbocycles. The fourth-order valence-electron chi connectivity index (χ4n) is 5.46. The zero-order valence-corrected chi connectivity index (χ0v) is 20.9. The van der Waals surface area contributed by atoms with Gasteiger partial charge < -0.3 is 19.5 Å². The minimum Gasteiger partial charge on any atom is -0.465 e. The van der Waals surface area contributed by atoms with Gasteiger partial charge in [0, 0.05) is 38.1 Å². The maximum atomic E-state index is 13.6. The first-order valence-electron chi connectivity index (χ1n) is 13.0. The maximum Gasteiger partial charge on any atom is 0.252 e. The molecule has 6 heteroatoms. The SMILES string of the molecule is CCN1CCN(CCCNC(=O)c2c3c(nc4ccccc24)/C(=C\c2ccco2)CC(C)C3)CC1. The van der Waals surface area contributed by atoms with Crippen LogP contribution in [-0.4, -0.2) is 66.5 Å². The number of rotatable bonds is 7. The summed E-state index contributed by atoms with van der Waals surface area (Å²) in [4.78, 5) is 23.6. The quantitative estimate of drug-likeness (QED) is 0.505. The molecule has 0 saturated carbocycles. The topological polar surface area (TPSA) is 61.6 Å². The van der Waals surface area contributed by atoms with E-state index in [-0.39, 0.29) is 5.91 Å². The lowest BCUT2D eigenvalue weighted by atomic mass is 9.80. The van der Waals surface area contributed by atoms with Crippen LogP contribution in [-0.2, 0) is 6.42 Å². The number of benzene rings is 1. The summed E-state index contributed by atoms with van der Waals surface area (Å²) in [6.45, 7) is 11.8. The average molecular weight is 473 g/mol. The van der Waals surface area contributed by atoms with Crippen molar-refractivity contribution in [3.63, 3.8) is 0 Å². The molecule has 1 N–H and O–H groups in total. The van der Waals surface area contributed by atoms with Crippen LogP contribution < -0.4 is 5.32 Å². The number of allylic oxidation sites excluding steroid dienone is 1. The molecule has 1 aromatic carbocycles. The molecule has 1 atom stereocenters. The molecule has 1 aliphatic heterocycles. The third-order valence-corrected chi connectivity index (χ3v) is 7.35. The first-order chi connectivity index (χ1) is 17.1. The van der Waals surface area contributed by atoms with E-state index in [9.17, 15) is 4.79 Å². The van der Waals surface area contributed by atoms with Crippen molar-refractivity contribution in [2.45, 2.75) is 33.1 Å². The van der Waals surface area contributed by atoms with Gasteiger partial charge >= 0.3 is 0 Å². The van der Waals surface area contributed by atoms with Gasteiger partial charge in [0.2, 0.25) is 0 Å². The van der Waals surface area contributed by atoms with Crippen molar-refractivity contribution >= 4 is 28.5 Å². The first kappa shape index (κ1) is 23.8. The second kappa shape index (κ2) is 10.8. The molecule has 0 spiro atoms. The maximum absolute atomic E-state index is 13.6. The van der Waals surface area contributed by atoms with Crippen LogP contribution in [0.25, 0.3) is 22.6 Å². The molecular weight excluding hydrogens is 436 g/mol. The highest BCUT2D eigenvalue weighted by Crippen LogP contribution is 2.38. The number of furan rings is 1. The van der Waals surface area contributed by atoms with E-state index in [0.29, 0.717) is 12.5 Å². The monoisotopic (exact) mass is 472 g/mol. The number of amides is 1. The fourth-order valence-corrected chi connectivity index (χ4v) is 5.46. The molecule has 35 heavy (non-hydrogen) atoms. The Hall–Kier alpha value is -2.96. The predicted molar refractivity (Wildman–Crippen MR) is 141 cm³/mol. The van der Waals surface area contributed by atoms with Crippen LogP contribution >= 0.6 is 0 Å². The van der Waals surface area contributed by atoms with Crippen LogP contribution in [0.4, 0.5) is 0 Å². The fraction of sp³-hybridized carbons (Fsp3) is 0.448. The lowest BCUT2D eigenvalue weighted by Gasteiger charge is -2.34. The minimum atomic E-state index is 0.0158. The van der Waals surface area contributed by atoms with Crippen molar-refractivity contribution in [1.82, 2.24) is 20.1 Å². The highest BCUT2D eigenvalue weighted by molar-refractivity contribution is 6.09. The Bertz CT molecular complexity index is 1190. The lowest BCUT2D eigenvalue weighted by Crippen LogP contribution is -2.46. The molecule has 2 aliphatic rings. The molecule has 1 amide bonds. The summed E-state index contributed by atoms with van der Waals surface area (Å²) in [6, 6.07) is 11.9. The van der Waals surface area contributed by atoms with E-state index in [2.05, 4.69) is 35.0 Å². The summed E-state index contributed by atoms with van der Waals surface area (Å²) in [5.41, 5.74) is 4.80. The smallest absolute Gasteiger partial charge is 0.252 e. The van der Waals surface area contributed by atoms with Gasteiger partial charge in [-0.3, -0.25) is 4.79 Å². The number of para-hydroxylation sites is 1. The van der Waals surface area contributed by atoms with Crippen molar-refractivity contribution in [3.05, 3.63) is 65.2 Å². The molecule has 184 valence electrons. The number of carbonyl (C=O) groups excluding carboxylic acids is 1. The lowest BCUT2D eigenvalue weighted by molar-refractivity contribution is 0.0948. The molecule has 2 aromatic heterocycles. The zero-order valence-electron chi connectivity index (χ0n) is 20.9. The van der Waals surface area contributed by atoms with Crippen LogP contribution in [0.15, 0.2) is 47.1 Å². The van der Waals surface area contributed by atoms with Gasteiger partial charge in [0.1, 0.15) is 5.76 Å². The Balaban J connectivity index is 1.36. The number of hydrogen-bond acceptors (Lipinski definition) is 5. The van der Waals surface area contributed by atoms with Crippen LogP contribution in [0.1, 0.15) is 54.1 Å². The van der Waals surface area contributed by atoms with Crippen molar-refractivity contribution in [2.24, 2.45) is 5.92 Å². The molecular formula is C29H36N4O2. The summed E-state index contributed by atoms with van der Waals surface area (Å²) in [7, 11) is 0. The largest absolute Gasteiger partial charge is 0.465 e. The molecule has 0 radical (unpaired) electrons. The van der Waals surface area contributed by atoms with E-state index in [1.54, 1.807) is 6.26 Å². The Morgan fingerprint density at radius 1 is 1.11 bits per heavy atom. The standard InChI is InChI=1S/C29H36N4O2/c1-3-32-13-15-33(16-14-32)12-7-11-30-29(34)27-24-9-4-5-10-26(24)31-28-22(18-21(2)19-25(27)28)20-23-8-6-17-35-23/h4-6,8-10,17,20-21H,3,7,11-16,18-19H2,1-2H3,(H,30,34)/b22-20-. The number of hydrogen-bond donors (Lipinski definition) is 1. The number of nitrogens with one attached hydrogen (secondary N) is 1. The average Bonchev–Trinajstić information content (AvgIpc) is 3.39. The van der Waals surface area contributed by atoms with Gasteiger partial charge in [-0.05, 0) is 73.7 Å². The van der Waals surface area contributed by atoms with Crippen molar-refractivity contribution in [1.29, 1.82) is 0 Å². The molecule has 0 bridgehead atoms. The predicted octanol–water partition coefficient (Wildman–Crippen LogP) is 4.71. The number of pyridine rings is 1. The van der Waals surface area contributed by atoms with E-state index in [1.165, 1.54) is 0 Å². The molecule has 1 saturated heterocycles. The number of aromatic nitrogens is 1. The van der Waals surface area contributed by atoms with E-state index < -0.39 is 0 Å². The summed E-state index contributed by atoms with van der Waals surface area (Å²) in [5, 5.41) is 4.17. The summed E-state index contributed by atoms with van der Waals surface area (Å²) >= 11 is 0. The van der Waals surface area contributed by atoms with Crippen LogP contribution in [0.3, 0.4) is 0 Å². The van der Waals surface area contributed by atoms with Gasteiger partial charge in [-0.1, -0.05) is 32.0 Å². The van der Waals surface area contributed by atoms with Crippen molar-refractivity contribution in [3.8, 4) is 0 Å². The van der Waals surface area contributed by atoms with Gasteiger partial charge in [0.25, 0.3) is 5.91 Å². The van der Waals surface area contributed by atoms with E-state index in [4.69, 9.17) is 9.40 Å². The molecule has 1 fully saturated rings. The number of nitrogens with zero attached hydrogens (tertiary/aromatic N) is 3. The normalized spacial score (nSPS) is 20.3. The molecule has 5 rings (SSSR count). The van der Waals surface area contributed by atoms with E-state index in [1.807, 2.05) is 36.4 Å². The minimum absolute atomic E-state index is 0.0158. The van der Waals surface area contributed by atoms with Gasteiger partial charge in [0.15, 0.2) is 0 Å². The van der Waals surface area contributed by atoms with Gasteiger partial charge in [-0.15, -0.1) is 0 Å². The van der Waals surface area contributed by atoms with Gasteiger partial charge in [-0.25, -0.2) is 4.98 Å². The summed E-state index contributed by atoms with van der Waals surface area (Å²) in [6.07, 6.45) is 6.51. The Labute approximate surface area is 208 Å². The first-order valence-corrected chi connectivity index (χ1v) is 13.0. The van der Waals surface area contributed by atoms with Crippen molar-refractivity contribution < 1.29 is 9.21 Å². The third-order valence-electron chi connectivity index (χ3n) is 7.35. The number of carbonyl (C=O) groups is 1. The second-order valence-corrected chi connectivity index (χ2v) is 9.91. The van der Waals surface area contributed by atoms with Gasteiger partial charge in [0.05, 0.1) is 23.0 Å². The Morgan fingerprint density at radius 3 is 2.69 bits per heavy atom. The van der Waals surface area contributed by atoms with Gasteiger partial charge in [-0.2, -0.15) is 0 Å². The number of fused-ring (bicyclic) bond motifs is 2. The number of piperazine rings is 1. The van der Waals surface area contributed by atoms with E-state index >= 15 is 0 Å². The molecule has 3 aromatic rings.